The molecule has 0 amide bonds. The average Bonchev–Trinajstić information content (AvgIpc) is 2.63. The van der Waals surface area contributed by atoms with Gasteiger partial charge >= 0.3 is 17.9 Å². The van der Waals surface area contributed by atoms with E-state index in [1.165, 1.54) is 0 Å². The van der Waals surface area contributed by atoms with Crippen LogP contribution in [0.1, 0.15) is 30.7 Å². The number of hydrogen-bond acceptors (Lipinski definition) is 7. The summed E-state index contributed by atoms with van der Waals surface area (Å²) in [4.78, 5) is 43.7. The summed E-state index contributed by atoms with van der Waals surface area (Å²) >= 11 is 0. The third-order valence-electron chi connectivity index (χ3n) is 4.86. The van der Waals surface area contributed by atoms with Gasteiger partial charge in [0.05, 0.1) is 31.0 Å². The average molecular weight is 422 g/mol. The molecule has 0 saturated heterocycles. The van der Waals surface area contributed by atoms with E-state index in [-0.39, 0.29) is 19.6 Å². The van der Waals surface area contributed by atoms with Crippen molar-refractivity contribution in [3.63, 3.8) is 0 Å². The first kappa shape index (κ1) is 23.7. The maximum Gasteiger partial charge on any atom is 0.317 e. The first-order valence-corrected chi connectivity index (χ1v) is 10.1. The van der Waals surface area contributed by atoms with Crippen LogP contribution in [0.3, 0.4) is 0 Å². The van der Waals surface area contributed by atoms with Gasteiger partial charge in [-0.25, -0.2) is 0 Å². The predicted molar refractivity (Wildman–Crippen MR) is 108 cm³/mol. The zero-order valence-electron chi connectivity index (χ0n) is 17.1. The molecule has 2 rings (SSSR count). The normalized spacial score (nSPS) is 18.3. The first-order valence-electron chi connectivity index (χ1n) is 10.1. The third kappa shape index (κ3) is 9.29. The van der Waals surface area contributed by atoms with Crippen molar-refractivity contribution in [2.24, 2.45) is 0 Å². The molecule has 0 aliphatic carbocycles. The van der Waals surface area contributed by atoms with Gasteiger partial charge in [0.15, 0.2) is 0 Å². The standard InChI is InChI=1S/C20H30N4O6/c25-18(26)13-22-7-1-2-8-23(14-19(27)28)11-16-5-3-6-17(21-16)12-24(10-4-9-22)15-20(29)30/h3,5-6H,1-2,4,7-15H2,(H,25,26)(H,27,28)(H,29,30). The van der Waals surface area contributed by atoms with Crippen LogP contribution < -0.4 is 0 Å². The smallest absolute Gasteiger partial charge is 0.317 e. The van der Waals surface area contributed by atoms with Crippen molar-refractivity contribution in [1.29, 1.82) is 0 Å². The Labute approximate surface area is 175 Å². The van der Waals surface area contributed by atoms with E-state index in [1.54, 1.807) is 4.90 Å². The Kier molecular flexibility index (Phi) is 9.65. The maximum atomic E-state index is 11.3. The maximum absolute atomic E-state index is 11.3. The molecule has 2 heterocycles. The molecule has 166 valence electrons. The molecule has 10 heteroatoms. The summed E-state index contributed by atoms with van der Waals surface area (Å²) in [6.07, 6.45) is 2.13. The van der Waals surface area contributed by atoms with Crippen LogP contribution >= 0.6 is 0 Å². The number of fused-ring (bicyclic) bond motifs is 2. The molecular weight excluding hydrogens is 392 g/mol. The molecule has 30 heavy (non-hydrogen) atoms. The van der Waals surface area contributed by atoms with Gasteiger partial charge in [-0.05, 0) is 51.0 Å². The van der Waals surface area contributed by atoms with Gasteiger partial charge in [0, 0.05) is 19.6 Å². The summed E-state index contributed by atoms with van der Waals surface area (Å²) in [5.74, 6) is -2.74. The monoisotopic (exact) mass is 422 g/mol. The van der Waals surface area contributed by atoms with Gasteiger partial charge in [-0.3, -0.25) is 34.1 Å². The Morgan fingerprint density at radius 3 is 1.60 bits per heavy atom. The highest BCUT2D eigenvalue weighted by Crippen LogP contribution is 2.10. The highest BCUT2D eigenvalue weighted by Gasteiger charge is 2.16. The van der Waals surface area contributed by atoms with E-state index >= 15 is 0 Å². The van der Waals surface area contributed by atoms with Crippen LogP contribution in [0.25, 0.3) is 0 Å². The van der Waals surface area contributed by atoms with E-state index < -0.39 is 17.9 Å². The number of aromatic nitrogens is 1. The largest absolute Gasteiger partial charge is 0.480 e. The van der Waals surface area contributed by atoms with Crippen LogP contribution in [-0.2, 0) is 27.5 Å². The predicted octanol–water partition coefficient (Wildman–Crippen LogP) is 0.425. The fraction of sp³-hybridized carbons (Fsp3) is 0.600. The lowest BCUT2D eigenvalue weighted by atomic mass is 10.2. The van der Waals surface area contributed by atoms with Gasteiger partial charge in [0.2, 0.25) is 0 Å². The first-order chi connectivity index (χ1) is 14.3. The summed E-state index contributed by atoms with van der Waals surface area (Å²) in [6.45, 7) is 2.68. The molecule has 1 aliphatic heterocycles. The van der Waals surface area contributed by atoms with Gasteiger partial charge in [-0.1, -0.05) is 6.07 Å². The lowest BCUT2D eigenvalue weighted by molar-refractivity contribution is -0.139. The third-order valence-corrected chi connectivity index (χ3v) is 4.86. The lowest BCUT2D eigenvalue weighted by Crippen LogP contribution is -2.36. The molecule has 1 aromatic heterocycles. The molecule has 1 aromatic rings. The Morgan fingerprint density at radius 1 is 0.700 bits per heavy atom. The summed E-state index contributed by atoms with van der Waals surface area (Å²) < 4.78 is 0. The fourth-order valence-electron chi connectivity index (χ4n) is 3.62. The van der Waals surface area contributed by atoms with Crippen molar-refractivity contribution in [1.82, 2.24) is 19.7 Å². The van der Waals surface area contributed by atoms with Crippen LogP contribution in [0, 0.1) is 0 Å². The summed E-state index contributed by atoms with van der Waals surface area (Å²) in [5.41, 5.74) is 1.47. The van der Waals surface area contributed by atoms with E-state index in [9.17, 15) is 24.6 Å². The minimum absolute atomic E-state index is 0.0693. The Morgan fingerprint density at radius 2 is 1.10 bits per heavy atom. The van der Waals surface area contributed by atoms with Crippen molar-refractivity contribution in [3.05, 3.63) is 29.6 Å². The summed E-state index contributed by atoms with van der Waals surface area (Å²) in [7, 11) is 0. The molecule has 0 atom stereocenters. The zero-order valence-corrected chi connectivity index (χ0v) is 17.1. The fourth-order valence-corrected chi connectivity index (χ4v) is 3.62. The van der Waals surface area contributed by atoms with Crippen molar-refractivity contribution in [3.8, 4) is 0 Å². The van der Waals surface area contributed by atoms with Crippen LogP contribution in [0.15, 0.2) is 18.2 Å². The van der Waals surface area contributed by atoms with Crippen LogP contribution in [0.4, 0.5) is 0 Å². The minimum Gasteiger partial charge on any atom is -0.480 e. The van der Waals surface area contributed by atoms with Crippen LogP contribution in [-0.4, -0.2) is 98.7 Å². The SMILES string of the molecule is O=C(O)CN1CCCCN(CC(=O)O)Cc2cccc(n2)CN(CC(=O)O)CCC1. The minimum atomic E-state index is -0.931. The number of nitrogens with zero attached hydrogens (tertiary/aromatic N) is 4. The number of aliphatic carboxylic acids is 3. The number of carbonyl (C=O) groups is 3. The van der Waals surface area contributed by atoms with Crippen molar-refractivity contribution >= 4 is 17.9 Å². The lowest BCUT2D eigenvalue weighted by Gasteiger charge is -2.24. The molecule has 2 bridgehead atoms. The molecule has 0 aromatic carbocycles. The second-order valence-corrected chi connectivity index (χ2v) is 7.56. The molecule has 10 nitrogen and oxygen atoms in total. The van der Waals surface area contributed by atoms with Crippen LogP contribution in [0.2, 0.25) is 0 Å². The molecule has 0 radical (unpaired) electrons. The highest BCUT2D eigenvalue weighted by molar-refractivity contribution is 5.69. The van der Waals surface area contributed by atoms with Crippen molar-refractivity contribution < 1.29 is 29.7 Å². The molecule has 0 unspecified atom stereocenters. The Bertz CT molecular complexity index is 729. The molecule has 1 aliphatic rings. The topological polar surface area (TPSA) is 135 Å². The number of rotatable bonds is 6. The number of pyridine rings is 1. The second kappa shape index (κ2) is 12.2. The van der Waals surface area contributed by atoms with E-state index in [0.717, 1.165) is 24.2 Å². The van der Waals surface area contributed by atoms with Crippen LogP contribution in [0.5, 0.6) is 0 Å². The second-order valence-electron chi connectivity index (χ2n) is 7.56. The number of carboxylic acid groups (broad SMARTS) is 3. The van der Waals surface area contributed by atoms with E-state index in [2.05, 4.69) is 4.98 Å². The van der Waals surface area contributed by atoms with Gasteiger partial charge < -0.3 is 15.3 Å². The Hall–Kier alpha value is -2.56. The zero-order chi connectivity index (χ0) is 21.9. The number of hydrogen-bond donors (Lipinski definition) is 3. The van der Waals surface area contributed by atoms with Gasteiger partial charge in [0.25, 0.3) is 0 Å². The summed E-state index contributed by atoms with van der Waals surface area (Å²) in [5, 5.41) is 27.6. The van der Waals surface area contributed by atoms with E-state index in [4.69, 9.17) is 5.11 Å². The molecule has 0 saturated carbocycles. The van der Waals surface area contributed by atoms with Gasteiger partial charge in [-0.15, -0.1) is 0 Å². The molecule has 0 fully saturated rings. The highest BCUT2D eigenvalue weighted by atomic mass is 16.4. The molecule has 3 N–H and O–H groups in total. The van der Waals surface area contributed by atoms with Gasteiger partial charge in [0.1, 0.15) is 0 Å². The summed E-state index contributed by atoms with van der Waals surface area (Å²) in [6, 6.07) is 5.52. The van der Waals surface area contributed by atoms with Crippen molar-refractivity contribution in [2.75, 3.05) is 45.8 Å². The Balaban J connectivity index is 2.19. The van der Waals surface area contributed by atoms with E-state index in [1.807, 2.05) is 28.0 Å². The quantitative estimate of drug-likeness (QED) is 0.592. The molecule has 0 spiro atoms. The van der Waals surface area contributed by atoms with E-state index in [0.29, 0.717) is 45.7 Å². The molecular formula is C20H30N4O6. The number of carboxylic acids is 3. The van der Waals surface area contributed by atoms with Gasteiger partial charge in [-0.2, -0.15) is 0 Å². The van der Waals surface area contributed by atoms with Crippen molar-refractivity contribution in [2.45, 2.75) is 32.4 Å².